The third-order valence-electron chi connectivity index (χ3n) is 15.9. The van der Waals surface area contributed by atoms with Crippen molar-refractivity contribution in [2.75, 3.05) is 0 Å². The van der Waals surface area contributed by atoms with Gasteiger partial charge in [0.1, 0.15) is 11.2 Å². The molecule has 0 saturated carbocycles. The molecule has 3 heteroatoms. The van der Waals surface area contributed by atoms with E-state index in [4.69, 9.17) is 4.42 Å². The molecule has 13 aromatic rings. The van der Waals surface area contributed by atoms with Gasteiger partial charge in [-0.3, -0.25) is 0 Å². The lowest BCUT2D eigenvalue weighted by Gasteiger charge is -2.16. The summed E-state index contributed by atoms with van der Waals surface area (Å²) in [7, 11) is 0. The highest BCUT2D eigenvalue weighted by molar-refractivity contribution is 8.00. The minimum atomic E-state index is 0.789. The first-order chi connectivity index (χ1) is 37.0. The highest BCUT2D eigenvalue weighted by atomic mass is 32.2. The number of hydrogen-bond donors (Lipinski definition) is 0. The Morgan fingerprint density at radius 2 is 0.947 bits per heavy atom. The van der Waals surface area contributed by atoms with Crippen LogP contribution in [0.5, 0.6) is 0 Å². The third-order valence-corrected chi connectivity index (χ3v) is 17.1. The molecule has 0 bridgehead atoms. The van der Waals surface area contributed by atoms with Crippen LogP contribution < -0.4 is 0 Å². The van der Waals surface area contributed by atoms with Crippen molar-refractivity contribution in [1.29, 1.82) is 0 Å². The molecule has 16 rings (SSSR count). The van der Waals surface area contributed by atoms with E-state index in [0.29, 0.717) is 0 Å². The number of para-hydroxylation sites is 2. The van der Waals surface area contributed by atoms with Crippen LogP contribution in [0.2, 0.25) is 0 Å². The second-order valence-electron chi connectivity index (χ2n) is 20.5. The molecule has 75 heavy (non-hydrogen) atoms. The van der Waals surface area contributed by atoms with Gasteiger partial charge in [0, 0.05) is 37.4 Å². The van der Waals surface area contributed by atoms with E-state index >= 15 is 0 Å². The van der Waals surface area contributed by atoms with Crippen molar-refractivity contribution in [3.05, 3.63) is 271 Å². The molecule has 354 valence electrons. The first-order valence-corrected chi connectivity index (χ1v) is 26.9. The normalized spacial score (nSPS) is 13.9. The first-order valence-electron chi connectivity index (χ1n) is 26.1. The molecule has 1 aliphatic heterocycles. The Balaban J connectivity index is 0.000000443. The average Bonchev–Trinajstić information content (AvgIpc) is 4.28. The maximum absolute atomic E-state index is 6.20. The number of nitrogens with zero attached hydrogens (tertiary/aromatic N) is 1. The van der Waals surface area contributed by atoms with Crippen LogP contribution in [0.1, 0.15) is 34.7 Å². The van der Waals surface area contributed by atoms with Crippen molar-refractivity contribution >= 4 is 61.1 Å². The van der Waals surface area contributed by atoms with Gasteiger partial charge in [-0.05, 0) is 192 Å². The predicted molar refractivity (Wildman–Crippen MR) is 317 cm³/mol. The molecule has 0 radical (unpaired) electrons. The lowest BCUT2D eigenvalue weighted by Crippen LogP contribution is -1.96. The summed E-state index contributed by atoms with van der Waals surface area (Å²) in [5.74, 6) is 0. The van der Waals surface area contributed by atoms with Gasteiger partial charge >= 0.3 is 0 Å². The van der Waals surface area contributed by atoms with Crippen molar-refractivity contribution in [3.8, 4) is 72.4 Å². The molecule has 0 saturated heterocycles. The molecule has 2 nitrogen and oxygen atoms in total. The highest BCUT2D eigenvalue weighted by Gasteiger charge is 2.24. The van der Waals surface area contributed by atoms with Crippen LogP contribution in [-0.2, 0) is 12.8 Å². The van der Waals surface area contributed by atoms with Crippen molar-refractivity contribution < 1.29 is 4.42 Å². The highest BCUT2D eigenvalue weighted by Crippen LogP contribution is 2.47. The fourth-order valence-electron chi connectivity index (χ4n) is 12.3. The number of aromatic nitrogens is 1. The second-order valence-corrected chi connectivity index (χ2v) is 22.0. The van der Waals surface area contributed by atoms with Crippen LogP contribution in [0.25, 0.3) is 122 Å². The molecule has 1 atom stereocenters. The topological polar surface area (TPSA) is 18.1 Å². The van der Waals surface area contributed by atoms with Crippen LogP contribution in [0.3, 0.4) is 0 Å². The Kier molecular flexibility index (Phi) is 10.1. The van der Waals surface area contributed by atoms with E-state index in [-0.39, 0.29) is 0 Å². The standard InChI is InChI=1S/C63H39NO.C9H10S/c1-38-50-14-4-5-16-53(50)57-35-44(23-26-51(38)57)48-31-47(40-13-10-12-39(29-40)41-21-22-46-30-45-11-2-3-15-52(45)56(46)34-41)32-49(33-48)64-60-19-8-6-17-54(60)58-36-42(24-27-61(58)64)43-25-28-63-59(37-43)55-18-7-9-20-62(55)65-63;1-7-6-8-4-2-3-5-9(8)10-7/h2-29,31-37H,1,30H2;2-5,7H,6H2,1H3. The van der Waals surface area contributed by atoms with Gasteiger partial charge in [-0.25, -0.2) is 0 Å². The molecule has 3 aliphatic rings. The molecule has 11 aromatic carbocycles. The first kappa shape index (κ1) is 43.7. The van der Waals surface area contributed by atoms with Gasteiger partial charge in [0.2, 0.25) is 0 Å². The molecule has 1 unspecified atom stereocenters. The molecule has 2 aromatic heterocycles. The van der Waals surface area contributed by atoms with Gasteiger partial charge < -0.3 is 8.98 Å². The Labute approximate surface area is 440 Å². The fourth-order valence-corrected chi connectivity index (χ4v) is 13.4. The molecule has 0 amide bonds. The van der Waals surface area contributed by atoms with E-state index in [1.54, 1.807) is 0 Å². The van der Waals surface area contributed by atoms with E-state index < -0.39 is 0 Å². The van der Waals surface area contributed by atoms with Gasteiger partial charge in [0.05, 0.1) is 11.0 Å². The summed E-state index contributed by atoms with van der Waals surface area (Å²) in [6.45, 7) is 6.79. The van der Waals surface area contributed by atoms with Crippen molar-refractivity contribution in [3.63, 3.8) is 0 Å². The largest absolute Gasteiger partial charge is 0.456 e. The zero-order valence-electron chi connectivity index (χ0n) is 41.5. The summed E-state index contributed by atoms with van der Waals surface area (Å²) >= 11 is 1.99. The minimum absolute atomic E-state index is 0.789. The van der Waals surface area contributed by atoms with E-state index in [0.717, 1.165) is 50.4 Å². The zero-order chi connectivity index (χ0) is 49.7. The Morgan fingerprint density at radius 1 is 0.387 bits per heavy atom. The Bertz CT molecular complexity index is 4480. The quantitative estimate of drug-likeness (QED) is 0.171. The SMILES string of the molecule is C=C1c2ccccc2-c2cc(-c3cc(-c4cccc(-c5ccc6c(c5)-c5ccccc5C6)c4)cc(-n4c5ccccc5c5cc(-c6ccc7oc8ccccc8c7c6)ccc54)c3)ccc21.CC1Cc2ccccc2S1. The lowest BCUT2D eigenvalue weighted by molar-refractivity contribution is 0.669. The number of thioether (sulfide) groups is 1. The summed E-state index contributed by atoms with van der Waals surface area (Å²) in [4.78, 5) is 1.48. The predicted octanol–water partition coefficient (Wildman–Crippen LogP) is 19.7. The fraction of sp³-hybridized carbons (Fsp3) is 0.0556. The molecule has 3 heterocycles. The maximum Gasteiger partial charge on any atom is 0.135 e. The van der Waals surface area contributed by atoms with Crippen LogP contribution in [0, 0.1) is 0 Å². The zero-order valence-corrected chi connectivity index (χ0v) is 42.3. The third kappa shape index (κ3) is 7.33. The maximum atomic E-state index is 6.20. The Morgan fingerprint density at radius 3 is 1.80 bits per heavy atom. The van der Waals surface area contributed by atoms with Crippen molar-refractivity contribution in [2.24, 2.45) is 0 Å². The minimum Gasteiger partial charge on any atom is -0.456 e. The number of furan rings is 1. The van der Waals surface area contributed by atoms with Gasteiger partial charge in [-0.15, -0.1) is 11.8 Å². The van der Waals surface area contributed by atoms with E-state index in [2.05, 4.69) is 243 Å². The van der Waals surface area contributed by atoms with Gasteiger partial charge in [0.25, 0.3) is 0 Å². The summed E-state index contributed by atoms with van der Waals surface area (Å²) in [6, 6.07) is 86.9. The lowest BCUT2D eigenvalue weighted by atomic mass is 9.93. The van der Waals surface area contributed by atoms with E-state index in [9.17, 15) is 0 Å². The number of benzene rings is 11. The van der Waals surface area contributed by atoms with Crippen LogP contribution in [-0.4, -0.2) is 9.82 Å². The van der Waals surface area contributed by atoms with Crippen LogP contribution >= 0.6 is 11.8 Å². The summed E-state index contributed by atoms with van der Waals surface area (Å²) < 4.78 is 8.66. The van der Waals surface area contributed by atoms with Gasteiger partial charge in [-0.1, -0.05) is 171 Å². The molecular weight excluding hydrogens is 927 g/mol. The van der Waals surface area contributed by atoms with Crippen molar-refractivity contribution in [1.82, 2.24) is 4.57 Å². The summed E-state index contributed by atoms with van der Waals surface area (Å²) in [5, 5.41) is 5.50. The molecule has 0 spiro atoms. The summed E-state index contributed by atoms with van der Waals surface area (Å²) in [6.07, 6.45) is 2.24. The molecule has 0 fully saturated rings. The molecular formula is C72H49NOS. The van der Waals surface area contributed by atoms with E-state index in [1.807, 2.05) is 23.9 Å². The Hall–Kier alpha value is -8.89. The van der Waals surface area contributed by atoms with Crippen LogP contribution in [0.4, 0.5) is 0 Å². The number of hydrogen-bond acceptors (Lipinski definition) is 2. The molecule has 2 aliphatic carbocycles. The number of rotatable bonds is 5. The van der Waals surface area contributed by atoms with Gasteiger partial charge in [0.15, 0.2) is 0 Å². The van der Waals surface area contributed by atoms with E-state index in [1.165, 1.54) is 122 Å². The van der Waals surface area contributed by atoms with Gasteiger partial charge in [-0.2, -0.15) is 0 Å². The summed E-state index contributed by atoms with van der Waals surface area (Å²) in [5.41, 5.74) is 27.8. The monoisotopic (exact) mass is 975 g/mol. The smallest absolute Gasteiger partial charge is 0.135 e. The van der Waals surface area contributed by atoms with Crippen molar-refractivity contribution in [2.45, 2.75) is 29.9 Å². The van der Waals surface area contributed by atoms with Crippen LogP contribution in [0.15, 0.2) is 252 Å². The molecule has 0 N–H and O–H groups in total. The average molecular weight is 976 g/mol. The number of fused-ring (bicyclic) bond motifs is 13. The second kappa shape index (κ2) is 17.4.